The van der Waals surface area contributed by atoms with Crippen LogP contribution in [0.5, 0.6) is 0 Å². The van der Waals surface area contributed by atoms with Gasteiger partial charge in [0.05, 0.1) is 12.3 Å². The lowest BCUT2D eigenvalue weighted by Gasteiger charge is -2.17. The molecule has 0 aliphatic carbocycles. The van der Waals surface area contributed by atoms with E-state index in [1.165, 1.54) is 23.0 Å². The molecule has 0 saturated carbocycles. The zero-order valence-corrected chi connectivity index (χ0v) is 17.4. The van der Waals surface area contributed by atoms with Crippen LogP contribution in [0.4, 0.5) is 0 Å². The van der Waals surface area contributed by atoms with E-state index >= 15 is 0 Å². The first-order valence-corrected chi connectivity index (χ1v) is 10.8. The molecule has 158 valence electrons. The Morgan fingerprint density at radius 1 is 1.03 bits per heavy atom. The number of carbonyl (C=O) groups is 2. The van der Waals surface area contributed by atoms with Gasteiger partial charge in [0.1, 0.15) is 11.0 Å². The third-order valence-electron chi connectivity index (χ3n) is 4.82. The van der Waals surface area contributed by atoms with Gasteiger partial charge in [0.2, 0.25) is 0 Å². The number of aliphatic hydroxyl groups excluding tert-OH is 1. The van der Waals surface area contributed by atoms with Crippen molar-refractivity contribution in [3.05, 3.63) is 69.4 Å². The molecule has 2 N–H and O–H groups in total. The van der Waals surface area contributed by atoms with Crippen LogP contribution in [-0.2, 0) is 16.0 Å². The zero-order chi connectivity index (χ0) is 21.3. The fourth-order valence-electron chi connectivity index (χ4n) is 3.24. The summed E-state index contributed by atoms with van der Waals surface area (Å²) in [5.74, 6) is -1.26. The van der Waals surface area contributed by atoms with Crippen LogP contribution in [0.3, 0.4) is 0 Å². The lowest BCUT2D eigenvalue weighted by Crippen LogP contribution is -2.11. The molecule has 30 heavy (non-hydrogen) atoms. The fraction of sp³-hybridized carbons (Fsp3) is 0.348. The third-order valence-corrected chi connectivity index (χ3v) is 5.94. The Hall–Kier alpha value is -2.61. The van der Waals surface area contributed by atoms with Crippen molar-refractivity contribution in [3.8, 4) is 0 Å². The second kappa shape index (κ2) is 11.0. The Bertz CT molecular complexity index is 929. The van der Waals surface area contributed by atoms with Crippen molar-refractivity contribution in [2.75, 3.05) is 13.2 Å². The first-order chi connectivity index (χ1) is 14.6. The highest BCUT2D eigenvalue weighted by atomic mass is 32.1. The number of aliphatic hydroxyl groups is 1. The van der Waals surface area contributed by atoms with Gasteiger partial charge in [-0.3, -0.25) is 4.79 Å². The van der Waals surface area contributed by atoms with Gasteiger partial charge >= 0.3 is 5.97 Å². The van der Waals surface area contributed by atoms with E-state index in [2.05, 4.69) is 17.1 Å². The molecule has 1 aromatic heterocycles. The number of ether oxygens (including phenoxy) is 1. The molecule has 0 radical (unpaired) electrons. The van der Waals surface area contributed by atoms with E-state index in [4.69, 9.17) is 9.84 Å². The molecule has 1 aromatic carbocycles. The Kier molecular flexibility index (Phi) is 8.07. The Labute approximate surface area is 179 Å². The van der Waals surface area contributed by atoms with Gasteiger partial charge in [0, 0.05) is 17.6 Å². The maximum absolute atomic E-state index is 11.3. The van der Waals surface area contributed by atoms with Crippen molar-refractivity contribution >= 4 is 28.9 Å². The highest BCUT2D eigenvalue weighted by molar-refractivity contribution is 7.14. The molecule has 0 spiro atoms. The van der Waals surface area contributed by atoms with Gasteiger partial charge in [0.15, 0.2) is 0 Å². The second-order valence-electron chi connectivity index (χ2n) is 7.10. The van der Waals surface area contributed by atoms with Gasteiger partial charge in [-0.2, -0.15) is 0 Å². The number of aromatic carboxylic acids is 1. The molecule has 0 saturated heterocycles. The van der Waals surface area contributed by atoms with Gasteiger partial charge in [0.25, 0.3) is 5.91 Å². The monoisotopic (exact) mass is 427 g/mol. The lowest BCUT2D eigenvalue weighted by atomic mass is 10.0. The second-order valence-corrected chi connectivity index (χ2v) is 8.22. The summed E-state index contributed by atoms with van der Waals surface area (Å²) in [7, 11) is 0. The number of unbranched alkanes of at least 4 members (excludes halogenated alkanes) is 3. The summed E-state index contributed by atoms with van der Waals surface area (Å²) in [4.78, 5) is 27.5. The number of hydrogen-bond donors (Lipinski definition) is 2. The van der Waals surface area contributed by atoms with Gasteiger partial charge in [-0.05, 0) is 48.6 Å². The van der Waals surface area contributed by atoms with Crippen molar-refractivity contribution in [2.24, 2.45) is 4.99 Å². The minimum Gasteiger partial charge on any atom is -0.477 e. The number of rotatable bonds is 12. The number of aliphatic imine (C=N–C) groups is 1. The number of carboxylic acids is 1. The van der Waals surface area contributed by atoms with Crippen LogP contribution < -0.4 is 0 Å². The van der Waals surface area contributed by atoms with E-state index in [0.29, 0.717) is 5.71 Å². The molecule has 0 unspecified atom stereocenters. The molecule has 1 amide bonds. The normalized spacial score (nSPS) is 14.2. The average molecular weight is 428 g/mol. The topological polar surface area (TPSA) is 96.2 Å². The number of benzene rings is 1. The summed E-state index contributed by atoms with van der Waals surface area (Å²) in [5, 5.41) is 18.1. The summed E-state index contributed by atoms with van der Waals surface area (Å²) in [6, 6.07) is 11.5. The van der Waals surface area contributed by atoms with E-state index < -0.39 is 12.1 Å². The maximum atomic E-state index is 11.3. The van der Waals surface area contributed by atoms with Crippen LogP contribution in [0.15, 0.2) is 53.5 Å². The SMILES string of the molecule is O=C1C=CC(CO[C@H](c2ccc(CCCCCCO)cc2)c2ccc(C(=O)O)s2)=N1. The minimum absolute atomic E-state index is 0.166. The molecule has 7 heteroatoms. The van der Waals surface area contributed by atoms with Crippen LogP contribution in [0, 0.1) is 0 Å². The van der Waals surface area contributed by atoms with E-state index in [9.17, 15) is 14.7 Å². The molecule has 0 fully saturated rings. The number of amides is 1. The van der Waals surface area contributed by atoms with Gasteiger partial charge in [-0.1, -0.05) is 37.1 Å². The Morgan fingerprint density at radius 2 is 1.80 bits per heavy atom. The first-order valence-electron chi connectivity index (χ1n) is 10.0. The van der Waals surface area contributed by atoms with Gasteiger partial charge in [-0.25, -0.2) is 9.79 Å². The predicted octanol–water partition coefficient (Wildman–Crippen LogP) is 4.18. The van der Waals surface area contributed by atoms with Crippen molar-refractivity contribution in [3.63, 3.8) is 0 Å². The molecule has 2 aromatic rings. The summed E-state index contributed by atoms with van der Waals surface area (Å²) < 4.78 is 6.06. The van der Waals surface area contributed by atoms with Crippen molar-refractivity contribution in [2.45, 2.75) is 38.2 Å². The average Bonchev–Trinajstić information content (AvgIpc) is 3.39. The van der Waals surface area contributed by atoms with E-state index in [1.54, 1.807) is 18.2 Å². The number of aryl methyl sites for hydroxylation is 1. The van der Waals surface area contributed by atoms with E-state index in [0.717, 1.165) is 42.5 Å². The molecule has 3 rings (SSSR count). The highest BCUT2D eigenvalue weighted by Gasteiger charge is 2.20. The number of nitrogens with zero attached hydrogens (tertiary/aromatic N) is 1. The Morgan fingerprint density at radius 3 is 2.43 bits per heavy atom. The third kappa shape index (κ3) is 6.19. The Balaban J connectivity index is 1.70. The fourth-order valence-corrected chi connectivity index (χ4v) is 4.16. The number of hydrogen-bond acceptors (Lipinski definition) is 5. The quantitative estimate of drug-likeness (QED) is 0.495. The van der Waals surface area contributed by atoms with Crippen LogP contribution in [-0.4, -0.2) is 41.0 Å². The molecule has 1 atom stereocenters. The van der Waals surface area contributed by atoms with Crippen molar-refractivity contribution in [1.29, 1.82) is 0 Å². The minimum atomic E-state index is -0.963. The molecular weight excluding hydrogens is 402 g/mol. The highest BCUT2D eigenvalue weighted by Crippen LogP contribution is 2.32. The van der Waals surface area contributed by atoms with E-state index in [-0.39, 0.29) is 24.0 Å². The van der Waals surface area contributed by atoms with E-state index in [1.807, 2.05) is 12.1 Å². The molecule has 2 heterocycles. The largest absolute Gasteiger partial charge is 0.477 e. The summed E-state index contributed by atoms with van der Waals surface area (Å²) in [6.07, 6.45) is 7.63. The number of carboxylic acid groups (broad SMARTS) is 1. The van der Waals surface area contributed by atoms with Crippen LogP contribution in [0.1, 0.15) is 57.5 Å². The number of carbonyl (C=O) groups excluding carboxylic acids is 1. The molecule has 1 aliphatic heterocycles. The summed E-state index contributed by atoms with van der Waals surface area (Å²) >= 11 is 1.18. The standard InChI is InChI=1S/C23H25NO5S/c25-14-4-2-1-3-5-16-6-8-17(9-7-16)22(19-11-12-20(30-19)23(27)28)29-15-18-10-13-21(26)24-18/h6-13,22,25H,1-5,14-15H2,(H,27,28)/t22-/m1/s1. The summed E-state index contributed by atoms with van der Waals surface area (Å²) in [5.41, 5.74) is 2.71. The van der Waals surface area contributed by atoms with Gasteiger partial charge < -0.3 is 14.9 Å². The zero-order valence-electron chi connectivity index (χ0n) is 16.6. The van der Waals surface area contributed by atoms with Gasteiger partial charge in [-0.15, -0.1) is 11.3 Å². The van der Waals surface area contributed by atoms with Crippen LogP contribution in [0.2, 0.25) is 0 Å². The molecule has 0 bridgehead atoms. The summed E-state index contributed by atoms with van der Waals surface area (Å²) in [6.45, 7) is 0.415. The van der Waals surface area contributed by atoms with Crippen molar-refractivity contribution in [1.82, 2.24) is 0 Å². The number of thiophene rings is 1. The molecular formula is C23H25NO5S. The predicted molar refractivity (Wildman–Crippen MR) is 116 cm³/mol. The molecule has 6 nitrogen and oxygen atoms in total. The van der Waals surface area contributed by atoms with Crippen molar-refractivity contribution < 1.29 is 24.5 Å². The maximum Gasteiger partial charge on any atom is 0.345 e. The first kappa shape index (κ1) is 22.1. The smallest absolute Gasteiger partial charge is 0.345 e. The molecule has 1 aliphatic rings. The van der Waals surface area contributed by atoms with Crippen LogP contribution in [0.25, 0.3) is 0 Å². The van der Waals surface area contributed by atoms with Crippen LogP contribution >= 0.6 is 11.3 Å². The lowest BCUT2D eigenvalue weighted by molar-refractivity contribution is -0.113.